The van der Waals surface area contributed by atoms with E-state index < -0.39 is 200 Å². The zero-order valence-corrected chi connectivity index (χ0v) is 28.6. The summed E-state index contributed by atoms with van der Waals surface area (Å²) in [5.41, 5.74) is -1.37. The Labute approximate surface area is 326 Å². The van der Waals surface area contributed by atoms with Gasteiger partial charge in [-0.15, -0.1) is 0 Å². The number of benzene rings is 8. The molecule has 0 saturated heterocycles. The minimum absolute atomic E-state index is 0.00518. The van der Waals surface area contributed by atoms with Gasteiger partial charge in [0.05, 0.1) is 48.5 Å². The number of hydrogen-bond donors (Lipinski definition) is 0. The van der Waals surface area contributed by atoms with E-state index in [1.54, 1.807) is 0 Å². The van der Waals surface area contributed by atoms with Crippen LogP contribution in [-0.4, -0.2) is 7.12 Å². The Hall–Kier alpha value is -6.75. The molecule has 2 nitrogen and oxygen atoms in total. The summed E-state index contributed by atoms with van der Waals surface area (Å²) < 4.78 is 328. The normalized spacial score (nSPS) is 12.0. The molecule has 24 heteroatoms. The van der Waals surface area contributed by atoms with Gasteiger partial charge in [-0.3, -0.25) is 0 Å². The Morgan fingerprint density at radius 1 is 0.274 bits per heavy atom. The topological polar surface area (TPSA) is 18.5 Å². The van der Waals surface area contributed by atoms with Gasteiger partial charge in [0.15, 0.2) is 81.3 Å². The number of fused-ring (bicyclic) bond motifs is 5. The van der Waals surface area contributed by atoms with Crippen LogP contribution in [0.5, 0.6) is 11.5 Å². The molecule has 0 N–H and O–H groups in total. The first-order chi connectivity index (χ1) is 29.0. The third kappa shape index (κ3) is 5.52. The molecule has 0 bridgehead atoms. The van der Waals surface area contributed by atoms with E-state index >= 15 is 48.3 Å². The van der Waals surface area contributed by atoms with Gasteiger partial charge in [-0.05, 0) is 17.5 Å². The van der Waals surface area contributed by atoms with Crippen LogP contribution in [-0.2, 0) is 0 Å². The molecule has 0 aliphatic heterocycles. The van der Waals surface area contributed by atoms with Crippen molar-refractivity contribution in [3.05, 3.63) is 146 Å². The molecule has 8 aromatic carbocycles. The summed E-state index contributed by atoms with van der Waals surface area (Å²) in [6, 6.07) is 0.529. The van der Waals surface area contributed by atoms with Crippen molar-refractivity contribution >= 4 is 66.4 Å². The monoisotopic (exact) mass is 902 g/mol. The third-order valence-corrected chi connectivity index (χ3v) is 9.57. The van der Waals surface area contributed by atoms with E-state index in [0.29, 0.717) is 0 Å². The molecule has 0 heterocycles. The lowest BCUT2D eigenvalue weighted by atomic mass is 9.75. The summed E-state index contributed by atoms with van der Waals surface area (Å²) in [7, 11) is -3.50. The van der Waals surface area contributed by atoms with Crippen LogP contribution in [0.2, 0.25) is 0 Å². The van der Waals surface area contributed by atoms with Crippen LogP contribution >= 0.6 is 0 Å². The highest BCUT2D eigenvalue weighted by Crippen LogP contribution is 2.46. The van der Waals surface area contributed by atoms with Gasteiger partial charge in [0.2, 0.25) is 11.6 Å². The van der Waals surface area contributed by atoms with Gasteiger partial charge in [0.1, 0.15) is 40.7 Å². The van der Waals surface area contributed by atoms with E-state index in [0.717, 1.165) is 0 Å². The smallest absolute Gasteiger partial charge is 0.519 e. The summed E-state index contributed by atoms with van der Waals surface area (Å²) >= 11 is 0. The molecule has 8 rings (SSSR count). The molecule has 0 saturated carbocycles. The summed E-state index contributed by atoms with van der Waals surface area (Å²) in [6.07, 6.45) is 0. The second kappa shape index (κ2) is 14.2. The molecule has 0 aliphatic rings. The quantitative estimate of drug-likeness (QED) is 0.0563. The van der Waals surface area contributed by atoms with Crippen LogP contribution in [0.25, 0.3) is 53.9 Å². The Bertz CT molecular complexity index is 3220. The number of halogens is 21. The predicted molar refractivity (Wildman–Crippen MR) is 173 cm³/mol. The summed E-state index contributed by atoms with van der Waals surface area (Å²) in [5, 5.41) is -21.1. The maximum absolute atomic E-state index is 16.2. The van der Waals surface area contributed by atoms with Gasteiger partial charge in [-0.2, -0.15) is 8.78 Å². The minimum atomic E-state index is -3.50. The fourth-order valence-electron chi connectivity index (χ4n) is 6.87. The fraction of sp³-hybridized carbons (Fsp3) is 0. The number of rotatable bonds is 5. The molecule has 0 amide bonds. The maximum Gasteiger partial charge on any atom is 0.633 e. The van der Waals surface area contributed by atoms with Crippen molar-refractivity contribution in [2.75, 3.05) is 0 Å². The molecule has 318 valence electrons. The lowest BCUT2D eigenvalue weighted by Crippen LogP contribution is -2.44. The van der Waals surface area contributed by atoms with Crippen LogP contribution in [0.4, 0.5) is 92.2 Å². The van der Waals surface area contributed by atoms with Crippen molar-refractivity contribution in [1.82, 2.24) is 0 Å². The second-order valence-electron chi connectivity index (χ2n) is 12.8. The Balaban J connectivity index is 1.53. The molecule has 0 radical (unpaired) electrons. The van der Waals surface area contributed by atoms with Crippen molar-refractivity contribution in [2.24, 2.45) is 0 Å². The van der Waals surface area contributed by atoms with Gasteiger partial charge >= 0.3 is 7.12 Å². The predicted octanol–water partition coefficient (Wildman–Crippen LogP) is 12.2. The zero-order valence-electron chi connectivity index (χ0n) is 28.6. The van der Waals surface area contributed by atoms with Crippen LogP contribution < -0.4 is 14.8 Å². The molecule has 0 aromatic heterocycles. The first-order valence-electron chi connectivity index (χ1n) is 16.2. The largest absolute Gasteiger partial charge is 0.633 e. The lowest BCUT2D eigenvalue weighted by molar-refractivity contribution is 0.377. The van der Waals surface area contributed by atoms with E-state index in [1.165, 1.54) is 0 Å². The molecule has 62 heavy (non-hydrogen) atoms. The van der Waals surface area contributed by atoms with Gasteiger partial charge in [0.25, 0.3) is 0 Å². The molecular weight excluding hydrogens is 898 g/mol. The second-order valence-corrected chi connectivity index (χ2v) is 12.8. The van der Waals surface area contributed by atoms with Crippen molar-refractivity contribution in [3.8, 4) is 11.5 Å². The van der Waals surface area contributed by atoms with Gasteiger partial charge in [0, 0.05) is 11.5 Å². The molecule has 0 atom stereocenters. The van der Waals surface area contributed by atoms with E-state index in [4.69, 9.17) is 9.31 Å². The highest BCUT2D eigenvalue weighted by Gasteiger charge is 2.41. The van der Waals surface area contributed by atoms with Crippen molar-refractivity contribution in [2.45, 2.75) is 0 Å². The first kappa shape index (κ1) is 42.0. The van der Waals surface area contributed by atoms with Crippen LogP contribution in [0.15, 0.2) is 24.3 Å². The average molecular weight is 902 g/mol. The van der Waals surface area contributed by atoms with E-state index in [2.05, 4.69) is 0 Å². The summed E-state index contributed by atoms with van der Waals surface area (Å²) in [6.45, 7) is 0. The van der Waals surface area contributed by atoms with Crippen LogP contribution in [0.3, 0.4) is 0 Å². The number of hydrogen-bond acceptors (Lipinski definition) is 2. The molecule has 8 aromatic rings. The van der Waals surface area contributed by atoms with Gasteiger partial charge < -0.3 is 9.31 Å². The van der Waals surface area contributed by atoms with Crippen molar-refractivity contribution < 1.29 is 102 Å². The van der Waals surface area contributed by atoms with E-state index in [-0.39, 0.29) is 24.3 Å². The molecular formula is C38H4BF21O2. The fourth-order valence-corrected chi connectivity index (χ4v) is 6.87. The summed E-state index contributed by atoms with van der Waals surface area (Å²) in [4.78, 5) is 0. The SMILES string of the molecule is Fc1cc(F)c2c(F)ccc(B(Oc3c(F)c(F)c(F)c4c(F)c5c(F)c(F)c(F)c(F)c5c(F)c34)Oc3c(F)c(F)c(F)c4c(F)c5c(F)c(F)c(F)c(F)c5c(F)c34)c2c1. The summed E-state index contributed by atoms with van der Waals surface area (Å²) in [5.74, 6) is -61.3. The van der Waals surface area contributed by atoms with Crippen LogP contribution in [0, 0.1) is 122 Å². The molecule has 0 spiro atoms. The molecule has 0 aliphatic carbocycles. The van der Waals surface area contributed by atoms with Crippen molar-refractivity contribution in [1.29, 1.82) is 0 Å². The third-order valence-electron chi connectivity index (χ3n) is 9.57. The van der Waals surface area contributed by atoms with Gasteiger partial charge in [-0.1, -0.05) is 6.07 Å². The standard InChI is InChI=1S/C38H4BF21O2/c40-5-3-6-7(1-2-8(41)10(6)9(42)4-5)39(61-37-17-15(27(51)33(57)35(37)59)19(43)11-13(21(17)45)25(49)31(55)29(53)23(11)47)62-38-18-16(28(52)34(58)36(38)60)20(44)12-14(22(18)46)26(50)32(56)30(54)24(12)48/h1-4H. The minimum Gasteiger partial charge on any atom is -0.519 e. The highest BCUT2D eigenvalue weighted by atomic mass is 19.2. The van der Waals surface area contributed by atoms with Crippen molar-refractivity contribution in [3.63, 3.8) is 0 Å². The Kier molecular flexibility index (Phi) is 9.58. The molecule has 0 fully saturated rings. The molecule has 0 unspecified atom stereocenters. The average Bonchev–Trinajstić information content (AvgIpc) is 3.22. The lowest BCUT2D eigenvalue weighted by Gasteiger charge is -2.23. The first-order valence-corrected chi connectivity index (χ1v) is 16.2. The Morgan fingerprint density at radius 2 is 0.581 bits per heavy atom. The highest BCUT2D eigenvalue weighted by molar-refractivity contribution is 6.66. The van der Waals surface area contributed by atoms with Gasteiger partial charge in [-0.25, -0.2) is 83.4 Å². The van der Waals surface area contributed by atoms with Crippen LogP contribution in [0.1, 0.15) is 0 Å². The Morgan fingerprint density at radius 3 is 0.935 bits per heavy atom. The van der Waals surface area contributed by atoms with E-state index in [9.17, 15) is 43.9 Å². The maximum atomic E-state index is 16.2. The van der Waals surface area contributed by atoms with E-state index in [1.807, 2.05) is 0 Å². The zero-order chi connectivity index (χ0) is 45.4.